The molecule has 0 radical (unpaired) electrons. The van der Waals surface area contributed by atoms with E-state index < -0.39 is 0 Å². The number of hydrogen-bond acceptors (Lipinski definition) is 4. The first-order valence-corrected chi connectivity index (χ1v) is 9.71. The Morgan fingerprint density at radius 1 is 1.22 bits per heavy atom. The van der Waals surface area contributed by atoms with Gasteiger partial charge >= 0.3 is 0 Å². The zero-order valence-electron chi connectivity index (χ0n) is 14.9. The Balaban J connectivity index is 1.74. The normalized spacial score (nSPS) is 13.2. The number of halogens is 1. The molecule has 0 spiro atoms. The van der Waals surface area contributed by atoms with Crippen LogP contribution >= 0.6 is 15.9 Å². The van der Waals surface area contributed by atoms with E-state index in [0.717, 1.165) is 45.7 Å². The van der Waals surface area contributed by atoms with Crippen molar-refractivity contribution in [1.29, 1.82) is 0 Å². The number of aromatic nitrogens is 3. The second-order valence-corrected chi connectivity index (χ2v) is 7.25. The first kappa shape index (κ1) is 17.7. The zero-order valence-corrected chi connectivity index (χ0v) is 16.5. The number of ether oxygens (including phenoxy) is 1. The molecule has 7 heteroatoms. The van der Waals surface area contributed by atoms with Crippen molar-refractivity contribution in [3.8, 4) is 28.5 Å². The highest BCUT2D eigenvalue weighted by Crippen LogP contribution is 2.32. The summed E-state index contributed by atoms with van der Waals surface area (Å²) in [6.07, 6.45) is 3.44. The number of rotatable bonds is 5. The van der Waals surface area contributed by atoms with Crippen LogP contribution < -0.4 is 10.1 Å². The van der Waals surface area contributed by atoms with Crippen molar-refractivity contribution < 1.29 is 9.53 Å². The molecule has 0 aliphatic carbocycles. The fourth-order valence-corrected chi connectivity index (χ4v) is 3.45. The molecule has 0 atom stereocenters. The molecular formula is C20H19BrN4O2. The summed E-state index contributed by atoms with van der Waals surface area (Å²) in [5.41, 5.74) is 4.01. The smallest absolute Gasteiger partial charge is 0.253 e. The Bertz CT molecular complexity index is 999. The third kappa shape index (κ3) is 3.60. The highest BCUT2D eigenvalue weighted by atomic mass is 79.9. The van der Waals surface area contributed by atoms with Gasteiger partial charge in [-0.2, -0.15) is 0 Å². The molecule has 1 aromatic carbocycles. The lowest BCUT2D eigenvalue weighted by Gasteiger charge is -2.11. The van der Waals surface area contributed by atoms with Gasteiger partial charge in [0.15, 0.2) is 5.82 Å². The number of fused-ring (bicyclic) bond motifs is 1. The molecule has 0 unspecified atom stereocenters. The van der Waals surface area contributed by atoms with E-state index in [4.69, 9.17) is 9.72 Å². The van der Waals surface area contributed by atoms with E-state index in [1.807, 2.05) is 30.3 Å². The van der Waals surface area contributed by atoms with Crippen molar-refractivity contribution in [3.05, 3.63) is 52.3 Å². The van der Waals surface area contributed by atoms with Gasteiger partial charge in [-0.3, -0.25) is 4.79 Å². The van der Waals surface area contributed by atoms with Crippen LogP contribution in [0.2, 0.25) is 0 Å². The van der Waals surface area contributed by atoms with Crippen molar-refractivity contribution in [2.45, 2.75) is 19.8 Å². The molecular weight excluding hydrogens is 408 g/mol. The monoisotopic (exact) mass is 426 g/mol. The summed E-state index contributed by atoms with van der Waals surface area (Å²) in [5.74, 6) is 1.29. The van der Waals surface area contributed by atoms with Gasteiger partial charge in [-0.1, -0.05) is 22.9 Å². The summed E-state index contributed by atoms with van der Waals surface area (Å²) >= 11 is 3.51. The minimum Gasteiger partial charge on any atom is -0.493 e. The van der Waals surface area contributed by atoms with Crippen LogP contribution in [0.15, 0.2) is 41.0 Å². The molecule has 1 aliphatic rings. The van der Waals surface area contributed by atoms with E-state index in [9.17, 15) is 4.79 Å². The summed E-state index contributed by atoms with van der Waals surface area (Å²) < 4.78 is 6.79. The van der Waals surface area contributed by atoms with Crippen molar-refractivity contribution in [3.63, 3.8) is 0 Å². The van der Waals surface area contributed by atoms with Gasteiger partial charge in [0.1, 0.15) is 5.75 Å². The van der Waals surface area contributed by atoms with Crippen molar-refractivity contribution >= 4 is 21.8 Å². The van der Waals surface area contributed by atoms with Gasteiger partial charge in [0, 0.05) is 29.3 Å². The number of H-pyrrole nitrogens is 1. The Kier molecular flexibility index (Phi) is 4.94. The van der Waals surface area contributed by atoms with Crippen LogP contribution in [0.3, 0.4) is 0 Å². The number of carbonyl (C=O) groups excluding carboxylic acids is 1. The lowest BCUT2D eigenvalue weighted by Crippen LogP contribution is -2.31. The minimum atomic E-state index is -0.0460. The highest BCUT2D eigenvalue weighted by molar-refractivity contribution is 9.10. The maximum absolute atomic E-state index is 12.0. The first-order valence-electron chi connectivity index (χ1n) is 8.92. The van der Waals surface area contributed by atoms with Gasteiger partial charge in [-0.15, -0.1) is 0 Å². The summed E-state index contributed by atoms with van der Waals surface area (Å²) in [6.45, 7) is 3.35. The fourth-order valence-electron chi connectivity index (χ4n) is 3.08. The molecule has 2 N–H and O–H groups in total. The average molecular weight is 427 g/mol. The molecule has 1 aliphatic heterocycles. The summed E-state index contributed by atoms with van der Waals surface area (Å²) in [5, 5.41) is 2.86. The molecule has 2 aromatic heterocycles. The number of benzene rings is 1. The number of carbonyl (C=O) groups is 1. The molecule has 3 aromatic rings. The third-order valence-corrected chi connectivity index (χ3v) is 4.87. The lowest BCUT2D eigenvalue weighted by molar-refractivity contribution is 0.0946. The molecule has 27 heavy (non-hydrogen) atoms. The Morgan fingerprint density at radius 2 is 2.11 bits per heavy atom. The Morgan fingerprint density at radius 3 is 2.93 bits per heavy atom. The van der Waals surface area contributed by atoms with Crippen molar-refractivity contribution in [1.82, 2.24) is 20.3 Å². The quantitative estimate of drug-likeness (QED) is 0.646. The third-order valence-electron chi connectivity index (χ3n) is 4.38. The highest BCUT2D eigenvalue weighted by Gasteiger charge is 2.21. The maximum atomic E-state index is 12.0. The molecule has 0 saturated carbocycles. The molecule has 4 rings (SSSR count). The predicted octanol–water partition coefficient (Wildman–Crippen LogP) is 3.98. The standard InChI is InChI=1S/C20H19BrN4O2/c1-2-9-27-18-4-3-12(21)10-14(18)19-22-7-6-16(25-19)17-11-13-15(24-17)5-8-23-20(13)26/h3-4,6-7,10-11,24H,2,5,8-9H2,1H3,(H,23,26). The van der Waals surface area contributed by atoms with Crippen LogP contribution in [-0.2, 0) is 6.42 Å². The largest absolute Gasteiger partial charge is 0.493 e. The van der Waals surface area contributed by atoms with E-state index in [0.29, 0.717) is 24.5 Å². The molecule has 138 valence electrons. The van der Waals surface area contributed by atoms with E-state index in [2.05, 4.69) is 38.1 Å². The fraction of sp³-hybridized carbons (Fsp3) is 0.250. The zero-order chi connectivity index (χ0) is 18.8. The second-order valence-electron chi connectivity index (χ2n) is 6.34. The van der Waals surface area contributed by atoms with Gasteiger partial charge in [-0.05, 0) is 36.8 Å². The first-order chi connectivity index (χ1) is 13.2. The molecule has 3 heterocycles. The predicted molar refractivity (Wildman–Crippen MR) is 107 cm³/mol. The second kappa shape index (κ2) is 7.52. The molecule has 0 bridgehead atoms. The van der Waals surface area contributed by atoms with Crippen LogP contribution in [0.1, 0.15) is 29.4 Å². The molecule has 0 fully saturated rings. The lowest BCUT2D eigenvalue weighted by atomic mass is 10.1. The van der Waals surface area contributed by atoms with E-state index in [1.54, 1.807) is 6.20 Å². The van der Waals surface area contributed by atoms with Gasteiger partial charge in [0.05, 0.1) is 29.1 Å². The number of nitrogens with zero attached hydrogens (tertiary/aromatic N) is 2. The average Bonchev–Trinajstić information content (AvgIpc) is 3.13. The summed E-state index contributed by atoms with van der Waals surface area (Å²) in [6, 6.07) is 9.50. The van der Waals surface area contributed by atoms with Crippen molar-refractivity contribution in [2.75, 3.05) is 13.2 Å². The van der Waals surface area contributed by atoms with Gasteiger partial charge in [0.2, 0.25) is 0 Å². The minimum absolute atomic E-state index is 0.0460. The molecule has 0 saturated heterocycles. The topological polar surface area (TPSA) is 79.9 Å². The summed E-state index contributed by atoms with van der Waals surface area (Å²) in [4.78, 5) is 24.5. The number of hydrogen-bond donors (Lipinski definition) is 2. The van der Waals surface area contributed by atoms with E-state index >= 15 is 0 Å². The van der Waals surface area contributed by atoms with E-state index in [1.165, 1.54) is 0 Å². The van der Waals surface area contributed by atoms with Gasteiger partial charge in [-0.25, -0.2) is 9.97 Å². The van der Waals surface area contributed by atoms with E-state index in [-0.39, 0.29) is 5.91 Å². The Hall–Kier alpha value is -2.67. The van der Waals surface area contributed by atoms with Gasteiger partial charge < -0.3 is 15.0 Å². The number of amides is 1. The number of aromatic amines is 1. The van der Waals surface area contributed by atoms with Crippen LogP contribution in [0.25, 0.3) is 22.8 Å². The molecule has 6 nitrogen and oxygen atoms in total. The number of nitrogens with one attached hydrogen (secondary N) is 2. The maximum Gasteiger partial charge on any atom is 0.253 e. The van der Waals surface area contributed by atoms with Crippen LogP contribution in [0.5, 0.6) is 5.75 Å². The van der Waals surface area contributed by atoms with Crippen LogP contribution in [-0.4, -0.2) is 34.0 Å². The summed E-state index contributed by atoms with van der Waals surface area (Å²) in [7, 11) is 0. The van der Waals surface area contributed by atoms with Crippen molar-refractivity contribution in [2.24, 2.45) is 0 Å². The van der Waals surface area contributed by atoms with Gasteiger partial charge in [0.25, 0.3) is 5.91 Å². The van der Waals surface area contributed by atoms with Crippen LogP contribution in [0.4, 0.5) is 0 Å². The molecule has 1 amide bonds. The Labute approximate surface area is 165 Å². The van der Waals surface area contributed by atoms with Crippen LogP contribution in [0, 0.1) is 0 Å². The SMILES string of the molecule is CCCOc1ccc(Br)cc1-c1nccc(-c2cc3c([nH]2)CCNC3=O)n1.